The van der Waals surface area contributed by atoms with Gasteiger partial charge in [0.15, 0.2) is 0 Å². The number of likely N-dealkylation sites (N-methyl/N-ethyl adjacent to an activating group) is 1. The maximum absolute atomic E-state index is 12.7. The lowest BCUT2D eigenvalue weighted by atomic mass is 10.2. The number of benzene rings is 1. The number of ether oxygens (including phenoxy) is 1. The van der Waals surface area contributed by atoms with Crippen molar-refractivity contribution in [2.45, 2.75) is 4.90 Å². The molecule has 0 aliphatic carbocycles. The molecule has 0 radical (unpaired) electrons. The second-order valence-corrected chi connectivity index (χ2v) is 7.50. The van der Waals surface area contributed by atoms with E-state index in [-0.39, 0.29) is 16.3 Å². The predicted molar refractivity (Wildman–Crippen MR) is 89.7 cm³/mol. The third kappa shape index (κ3) is 4.20. The van der Waals surface area contributed by atoms with Crippen LogP contribution in [0.5, 0.6) is 0 Å². The summed E-state index contributed by atoms with van der Waals surface area (Å²) in [4.78, 5) is 12.7. The van der Waals surface area contributed by atoms with Gasteiger partial charge in [-0.25, -0.2) is 8.42 Å². The van der Waals surface area contributed by atoms with Crippen LogP contribution in [0.25, 0.3) is 0 Å². The molecular weight excluding hydrogens is 336 g/mol. The second-order valence-electron chi connectivity index (χ2n) is 5.56. The quantitative estimate of drug-likeness (QED) is 0.432. The van der Waals surface area contributed by atoms with Crippen molar-refractivity contribution < 1.29 is 18.1 Å². The normalized spacial score (nSPS) is 16.9. The fourth-order valence-corrected chi connectivity index (χ4v) is 3.88. The van der Waals surface area contributed by atoms with E-state index in [4.69, 9.17) is 4.74 Å². The minimum absolute atomic E-state index is 0.0592. The summed E-state index contributed by atoms with van der Waals surface area (Å²) in [6.07, 6.45) is 0. The fraction of sp³-hybridized carbons (Fsp3) is 0.571. The Morgan fingerprint density at radius 2 is 1.96 bits per heavy atom. The lowest BCUT2D eigenvalue weighted by Gasteiger charge is -2.31. The zero-order chi connectivity index (χ0) is 17.7. The molecule has 0 spiro atoms. The fourth-order valence-electron chi connectivity index (χ4n) is 2.44. The van der Waals surface area contributed by atoms with E-state index < -0.39 is 14.9 Å². The smallest absolute Gasteiger partial charge is 0.293 e. The van der Waals surface area contributed by atoms with Crippen LogP contribution < -0.4 is 5.32 Å². The number of nitro groups is 1. The molecule has 1 N–H and O–H groups in total. The zero-order valence-corrected chi connectivity index (χ0v) is 14.6. The van der Waals surface area contributed by atoms with Gasteiger partial charge in [-0.3, -0.25) is 10.1 Å². The van der Waals surface area contributed by atoms with Crippen LogP contribution in [0.4, 0.5) is 11.4 Å². The van der Waals surface area contributed by atoms with Crippen molar-refractivity contribution >= 4 is 21.4 Å². The number of sulfonamides is 1. The molecule has 10 heteroatoms. The molecule has 1 heterocycles. The topological polar surface area (TPSA) is 105 Å². The molecule has 1 fully saturated rings. The minimum Gasteiger partial charge on any atom is -0.383 e. The summed E-state index contributed by atoms with van der Waals surface area (Å²) >= 11 is 0. The van der Waals surface area contributed by atoms with Crippen molar-refractivity contribution in [1.82, 2.24) is 9.21 Å². The van der Waals surface area contributed by atoms with Gasteiger partial charge in [0.25, 0.3) is 5.69 Å². The van der Waals surface area contributed by atoms with E-state index in [2.05, 4.69) is 5.32 Å². The Morgan fingerprint density at radius 3 is 2.54 bits per heavy atom. The number of nitrogens with zero attached hydrogens (tertiary/aromatic N) is 3. The molecule has 9 nitrogen and oxygen atoms in total. The van der Waals surface area contributed by atoms with Crippen LogP contribution in [0.15, 0.2) is 23.1 Å². The Hall–Kier alpha value is -1.75. The van der Waals surface area contributed by atoms with E-state index in [1.807, 2.05) is 11.9 Å². The number of anilines is 1. The highest BCUT2D eigenvalue weighted by Gasteiger charge is 2.29. The molecule has 0 atom stereocenters. The molecule has 0 unspecified atom stereocenters. The molecule has 0 bridgehead atoms. The van der Waals surface area contributed by atoms with E-state index in [0.29, 0.717) is 39.3 Å². The van der Waals surface area contributed by atoms with Crippen LogP contribution in [0.3, 0.4) is 0 Å². The van der Waals surface area contributed by atoms with Crippen molar-refractivity contribution in [1.29, 1.82) is 0 Å². The van der Waals surface area contributed by atoms with E-state index in [0.717, 1.165) is 6.07 Å². The molecular formula is C14H22N4O5S. The van der Waals surface area contributed by atoms with Crippen LogP contribution in [-0.2, 0) is 14.8 Å². The van der Waals surface area contributed by atoms with Crippen LogP contribution in [-0.4, -0.2) is 76.0 Å². The van der Waals surface area contributed by atoms with Crippen molar-refractivity contribution in [3.8, 4) is 0 Å². The molecule has 0 saturated carbocycles. The Morgan fingerprint density at radius 1 is 1.29 bits per heavy atom. The second kappa shape index (κ2) is 7.88. The highest BCUT2D eigenvalue weighted by Crippen LogP contribution is 2.29. The highest BCUT2D eigenvalue weighted by molar-refractivity contribution is 7.89. The number of nitrogens with one attached hydrogen (secondary N) is 1. The van der Waals surface area contributed by atoms with Gasteiger partial charge in [0.05, 0.1) is 16.4 Å². The largest absolute Gasteiger partial charge is 0.383 e. The lowest BCUT2D eigenvalue weighted by Crippen LogP contribution is -2.47. The first-order valence-corrected chi connectivity index (χ1v) is 9.00. The monoisotopic (exact) mass is 358 g/mol. The summed E-state index contributed by atoms with van der Waals surface area (Å²) in [7, 11) is -0.278. The third-order valence-electron chi connectivity index (χ3n) is 3.89. The number of hydrogen-bond donors (Lipinski definition) is 1. The summed E-state index contributed by atoms with van der Waals surface area (Å²) in [6, 6.07) is 3.94. The summed E-state index contributed by atoms with van der Waals surface area (Å²) in [5.74, 6) is 0. The van der Waals surface area contributed by atoms with Gasteiger partial charge < -0.3 is 15.0 Å². The van der Waals surface area contributed by atoms with Crippen molar-refractivity contribution in [2.24, 2.45) is 0 Å². The standard InChI is InChI=1S/C14H22N4O5S/c1-16-6-8-17(9-7-16)24(21,22)12-3-4-13(15-5-10-23-2)14(11-12)18(19)20/h3-4,11,15H,5-10H2,1-2H3. The SMILES string of the molecule is COCCNc1ccc(S(=O)(=O)N2CCN(C)CC2)cc1[N+](=O)[O-]. The van der Waals surface area contributed by atoms with Gasteiger partial charge in [-0.15, -0.1) is 0 Å². The number of piperazine rings is 1. The van der Waals surface area contributed by atoms with Crippen LogP contribution in [0.1, 0.15) is 0 Å². The molecule has 1 saturated heterocycles. The number of rotatable bonds is 7. The third-order valence-corrected chi connectivity index (χ3v) is 5.78. The van der Waals surface area contributed by atoms with Gasteiger partial charge in [-0.1, -0.05) is 0 Å². The van der Waals surface area contributed by atoms with Gasteiger partial charge in [-0.2, -0.15) is 4.31 Å². The Labute approximate surface area is 141 Å². The Kier molecular flexibility index (Phi) is 6.10. The molecule has 0 amide bonds. The number of nitro benzene ring substituents is 1. The predicted octanol–water partition coefficient (Wildman–Crippen LogP) is 0.589. The molecule has 1 aliphatic rings. The van der Waals surface area contributed by atoms with Gasteiger partial charge in [0, 0.05) is 45.9 Å². The first-order valence-electron chi connectivity index (χ1n) is 7.56. The van der Waals surface area contributed by atoms with Gasteiger partial charge in [0.1, 0.15) is 5.69 Å². The van der Waals surface area contributed by atoms with Crippen LogP contribution in [0.2, 0.25) is 0 Å². The maximum atomic E-state index is 12.7. The average molecular weight is 358 g/mol. The molecule has 24 heavy (non-hydrogen) atoms. The first kappa shape index (κ1) is 18.6. The molecule has 0 aromatic heterocycles. The Bertz CT molecular complexity index is 686. The van der Waals surface area contributed by atoms with E-state index in [1.165, 1.54) is 23.5 Å². The summed E-state index contributed by atoms with van der Waals surface area (Å²) in [5.41, 5.74) is 0.00989. The number of methoxy groups -OCH3 is 1. The molecule has 1 aromatic carbocycles. The van der Waals surface area contributed by atoms with Crippen LogP contribution in [0, 0.1) is 10.1 Å². The van der Waals surface area contributed by atoms with Crippen molar-refractivity contribution in [3.05, 3.63) is 28.3 Å². The van der Waals surface area contributed by atoms with Crippen LogP contribution >= 0.6 is 0 Å². The van der Waals surface area contributed by atoms with E-state index in [9.17, 15) is 18.5 Å². The highest BCUT2D eigenvalue weighted by atomic mass is 32.2. The van der Waals surface area contributed by atoms with Crippen molar-refractivity contribution in [2.75, 3.05) is 58.8 Å². The summed E-state index contributed by atoms with van der Waals surface area (Å²) < 4.78 is 31.6. The van der Waals surface area contributed by atoms with E-state index in [1.54, 1.807) is 0 Å². The summed E-state index contributed by atoms with van der Waals surface area (Å²) in [6.45, 7) is 2.80. The molecule has 1 aromatic rings. The van der Waals surface area contributed by atoms with Gasteiger partial charge in [-0.05, 0) is 19.2 Å². The van der Waals surface area contributed by atoms with Gasteiger partial charge >= 0.3 is 0 Å². The van der Waals surface area contributed by atoms with E-state index >= 15 is 0 Å². The van der Waals surface area contributed by atoms with Gasteiger partial charge in [0.2, 0.25) is 10.0 Å². The molecule has 1 aliphatic heterocycles. The summed E-state index contributed by atoms with van der Waals surface area (Å²) in [5, 5.41) is 14.1. The zero-order valence-electron chi connectivity index (χ0n) is 13.8. The average Bonchev–Trinajstić information content (AvgIpc) is 2.55. The maximum Gasteiger partial charge on any atom is 0.293 e. The molecule has 2 rings (SSSR count). The minimum atomic E-state index is -3.73. The first-order chi connectivity index (χ1) is 11.4. The molecule has 134 valence electrons. The number of hydrogen-bond acceptors (Lipinski definition) is 7. The van der Waals surface area contributed by atoms with Crippen molar-refractivity contribution in [3.63, 3.8) is 0 Å². The Balaban J connectivity index is 2.26. The lowest BCUT2D eigenvalue weighted by molar-refractivity contribution is -0.384.